The van der Waals surface area contributed by atoms with Crippen LogP contribution in [0.15, 0.2) is 54.9 Å². The highest BCUT2D eigenvalue weighted by molar-refractivity contribution is 5.92. The van der Waals surface area contributed by atoms with Crippen LogP contribution in [0.25, 0.3) is 11.3 Å². The number of aromatic nitrogens is 3. The molecule has 3 aromatic rings. The summed E-state index contributed by atoms with van der Waals surface area (Å²) in [5.41, 5.74) is 8.47. The summed E-state index contributed by atoms with van der Waals surface area (Å²) in [6.07, 6.45) is 4.98. The number of carbonyl (C=O) groups is 1. The molecule has 0 spiro atoms. The monoisotopic (exact) mass is 377 g/mol. The molecule has 2 aromatic heterocycles. The molecular formula is C21H23N5O2. The third-order valence-electron chi connectivity index (χ3n) is 4.32. The van der Waals surface area contributed by atoms with Crippen molar-refractivity contribution in [2.24, 2.45) is 5.73 Å². The van der Waals surface area contributed by atoms with Gasteiger partial charge in [0.15, 0.2) is 0 Å². The Balaban J connectivity index is 1.67. The normalized spacial score (nSPS) is 11.6. The molecule has 0 fully saturated rings. The van der Waals surface area contributed by atoms with Gasteiger partial charge < -0.3 is 15.8 Å². The van der Waals surface area contributed by atoms with E-state index in [0.29, 0.717) is 17.4 Å². The summed E-state index contributed by atoms with van der Waals surface area (Å²) < 4.78 is 6.09. The standard InChI is InChI=1S/C21H23N5O2/c1-14(5-6-15-7-9-16(10-8-15)19(22)27)28-20-17(4-3-12-24-20)18-11-13-25-21(23-2)26-18/h3-4,7-14H,5-6H2,1-2H3,(H2,22,27)(H,23,25,26). The number of nitrogens with one attached hydrogen (secondary N) is 1. The molecule has 0 saturated heterocycles. The van der Waals surface area contributed by atoms with Crippen LogP contribution in [0, 0.1) is 0 Å². The third-order valence-corrected chi connectivity index (χ3v) is 4.32. The van der Waals surface area contributed by atoms with Gasteiger partial charge in [-0.05, 0) is 55.7 Å². The smallest absolute Gasteiger partial charge is 0.248 e. The van der Waals surface area contributed by atoms with Crippen molar-refractivity contribution in [3.63, 3.8) is 0 Å². The minimum Gasteiger partial charge on any atom is -0.474 e. The van der Waals surface area contributed by atoms with Crippen LogP contribution in [0.2, 0.25) is 0 Å². The minimum atomic E-state index is -0.419. The van der Waals surface area contributed by atoms with Crippen molar-refractivity contribution in [3.05, 3.63) is 66.0 Å². The lowest BCUT2D eigenvalue weighted by Gasteiger charge is -2.16. The van der Waals surface area contributed by atoms with Gasteiger partial charge in [-0.15, -0.1) is 0 Å². The van der Waals surface area contributed by atoms with Crippen LogP contribution in [0.1, 0.15) is 29.3 Å². The van der Waals surface area contributed by atoms with E-state index in [2.05, 4.69) is 20.3 Å². The molecule has 7 heteroatoms. The number of pyridine rings is 1. The van der Waals surface area contributed by atoms with Crippen LogP contribution in [-0.4, -0.2) is 34.0 Å². The maximum absolute atomic E-state index is 11.2. The highest BCUT2D eigenvalue weighted by Crippen LogP contribution is 2.27. The predicted molar refractivity (Wildman–Crippen MR) is 108 cm³/mol. The third kappa shape index (κ3) is 4.82. The first-order valence-corrected chi connectivity index (χ1v) is 9.08. The van der Waals surface area contributed by atoms with E-state index in [1.807, 2.05) is 37.3 Å². The van der Waals surface area contributed by atoms with E-state index < -0.39 is 5.91 Å². The lowest BCUT2D eigenvalue weighted by molar-refractivity contribution is 0.1000. The van der Waals surface area contributed by atoms with Crippen LogP contribution < -0.4 is 15.8 Å². The number of carbonyl (C=O) groups excluding carboxylic acids is 1. The Morgan fingerprint density at radius 2 is 1.93 bits per heavy atom. The zero-order chi connectivity index (χ0) is 19.9. The van der Waals surface area contributed by atoms with Gasteiger partial charge in [0.05, 0.1) is 17.4 Å². The number of primary amides is 1. The number of hydrogen-bond donors (Lipinski definition) is 2. The lowest BCUT2D eigenvalue weighted by atomic mass is 10.1. The van der Waals surface area contributed by atoms with Crippen LogP contribution in [-0.2, 0) is 6.42 Å². The quantitative estimate of drug-likeness (QED) is 0.625. The Bertz CT molecular complexity index is 944. The number of rotatable bonds is 8. The number of aryl methyl sites for hydroxylation is 1. The Kier molecular flexibility index (Phi) is 6.16. The summed E-state index contributed by atoms with van der Waals surface area (Å²) in [5, 5.41) is 2.93. The fraction of sp³-hybridized carbons (Fsp3) is 0.238. The second-order valence-corrected chi connectivity index (χ2v) is 6.40. The SMILES string of the molecule is CNc1nccc(-c2cccnc2OC(C)CCc2ccc(C(N)=O)cc2)n1. The van der Waals surface area contributed by atoms with E-state index in [1.54, 1.807) is 31.6 Å². The molecule has 1 atom stereocenters. The van der Waals surface area contributed by atoms with E-state index in [9.17, 15) is 4.79 Å². The minimum absolute atomic E-state index is 0.0462. The first kappa shape index (κ1) is 19.3. The average molecular weight is 377 g/mol. The molecule has 0 bridgehead atoms. The molecule has 0 aliphatic rings. The number of amides is 1. The van der Waals surface area contributed by atoms with Crippen molar-refractivity contribution in [2.45, 2.75) is 25.9 Å². The summed E-state index contributed by atoms with van der Waals surface area (Å²) in [5.74, 6) is 0.664. The molecule has 2 heterocycles. The van der Waals surface area contributed by atoms with Crippen molar-refractivity contribution in [1.82, 2.24) is 15.0 Å². The molecule has 1 unspecified atom stereocenters. The zero-order valence-corrected chi connectivity index (χ0v) is 15.9. The van der Waals surface area contributed by atoms with Crippen LogP contribution >= 0.6 is 0 Å². The summed E-state index contributed by atoms with van der Waals surface area (Å²) in [6, 6.07) is 12.9. The van der Waals surface area contributed by atoms with E-state index in [1.165, 1.54) is 0 Å². The Morgan fingerprint density at radius 1 is 1.14 bits per heavy atom. The van der Waals surface area contributed by atoms with Gasteiger partial charge in [0.25, 0.3) is 0 Å². The number of anilines is 1. The number of nitrogens with two attached hydrogens (primary N) is 1. The van der Waals surface area contributed by atoms with Crippen LogP contribution in [0.4, 0.5) is 5.95 Å². The molecule has 0 aliphatic heterocycles. The molecule has 7 nitrogen and oxygen atoms in total. The largest absolute Gasteiger partial charge is 0.474 e. The number of hydrogen-bond acceptors (Lipinski definition) is 6. The van der Waals surface area contributed by atoms with Gasteiger partial charge in [0, 0.05) is 25.0 Å². The predicted octanol–water partition coefficient (Wildman–Crippen LogP) is 3.08. The molecule has 28 heavy (non-hydrogen) atoms. The van der Waals surface area contributed by atoms with Gasteiger partial charge in [-0.2, -0.15) is 0 Å². The fourth-order valence-corrected chi connectivity index (χ4v) is 2.76. The first-order valence-electron chi connectivity index (χ1n) is 9.08. The summed E-state index contributed by atoms with van der Waals surface area (Å²) in [6.45, 7) is 2.01. The first-order chi connectivity index (χ1) is 13.6. The van der Waals surface area contributed by atoms with Crippen molar-refractivity contribution in [2.75, 3.05) is 12.4 Å². The topological polar surface area (TPSA) is 103 Å². The van der Waals surface area contributed by atoms with Gasteiger partial charge in [0.1, 0.15) is 0 Å². The second-order valence-electron chi connectivity index (χ2n) is 6.40. The Labute approximate surface area is 164 Å². The number of ether oxygens (including phenoxy) is 1. The molecule has 3 N–H and O–H groups in total. The summed E-state index contributed by atoms with van der Waals surface area (Å²) >= 11 is 0. The average Bonchev–Trinajstić information content (AvgIpc) is 2.73. The molecule has 0 radical (unpaired) electrons. The van der Waals surface area contributed by atoms with Gasteiger partial charge in [0.2, 0.25) is 17.7 Å². The van der Waals surface area contributed by atoms with Crippen LogP contribution in [0.3, 0.4) is 0 Å². The maximum Gasteiger partial charge on any atom is 0.248 e. The van der Waals surface area contributed by atoms with Gasteiger partial charge >= 0.3 is 0 Å². The van der Waals surface area contributed by atoms with E-state index >= 15 is 0 Å². The molecular weight excluding hydrogens is 354 g/mol. The van der Waals surface area contributed by atoms with Crippen molar-refractivity contribution < 1.29 is 9.53 Å². The lowest BCUT2D eigenvalue weighted by Crippen LogP contribution is -2.14. The Hall–Kier alpha value is -3.48. The van der Waals surface area contributed by atoms with Crippen molar-refractivity contribution in [3.8, 4) is 17.1 Å². The molecule has 1 aromatic carbocycles. The van der Waals surface area contributed by atoms with E-state index in [4.69, 9.17) is 10.5 Å². The summed E-state index contributed by atoms with van der Waals surface area (Å²) in [7, 11) is 1.78. The Morgan fingerprint density at radius 3 is 2.64 bits per heavy atom. The molecule has 3 rings (SSSR count). The molecule has 0 saturated carbocycles. The second kappa shape index (κ2) is 8.94. The maximum atomic E-state index is 11.2. The van der Waals surface area contributed by atoms with Gasteiger partial charge in [-0.3, -0.25) is 4.79 Å². The van der Waals surface area contributed by atoms with Crippen LogP contribution in [0.5, 0.6) is 5.88 Å². The van der Waals surface area contributed by atoms with Gasteiger partial charge in [-0.1, -0.05) is 12.1 Å². The van der Waals surface area contributed by atoms with E-state index in [-0.39, 0.29) is 6.10 Å². The fourth-order valence-electron chi connectivity index (χ4n) is 2.76. The van der Waals surface area contributed by atoms with Crippen molar-refractivity contribution in [1.29, 1.82) is 0 Å². The zero-order valence-electron chi connectivity index (χ0n) is 15.9. The highest BCUT2D eigenvalue weighted by atomic mass is 16.5. The number of benzene rings is 1. The molecule has 144 valence electrons. The highest BCUT2D eigenvalue weighted by Gasteiger charge is 2.13. The summed E-state index contributed by atoms with van der Waals surface area (Å²) in [4.78, 5) is 24.1. The molecule has 1 amide bonds. The number of nitrogens with zero attached hydrogens (tertiary/aromatic N) is 3. The molecule has 0 aliphatic carbocycles. The van der Waals surface area contributed by atoms with E-state index in [0.717, 1.165) is 29.7 Å². The van der Waals surface area contributed by atoms with Crippen molar-refractivity contribution >= 4 is 11.9 Å². The van der Waals surface area contributed by atoms with Gasteiger partial charge in [-0.25, -0.2) is 15.0 Å².